The number of nitrogens with one attached hydrogen (secondary N) is 3. The molecule has 5 nitrogen and oxygen atoms in total. The summed E-state index contributed by atoms with van der Waals surface area (Å²) in [6, 6.07) is 5.60. The molecule has 0 spiro atoms. The molecule has 0 saturated carbocycles. The smallest absolute Gasteiger partial charge is 0.227 e. The van der Waals surface area contributed by atoms with Crippen LogP contribution in [0.25, 0.3) is 0 Å². The van der Waals surface area contributed by atoms with E-state index >= 15 is 0 Å². The highest BCUT2D eigenvalue weighted by Crippen LogP contribution is 2.25. The van der Waals surface area contributed by atoms with Crippen molar-refractivity contribution in [3.05, 3.63) is 23.8 Å². The second kappa shape index (κ2) is 9.53. The lowest BCUT2D eigenvalue weighted by Crippen LogP contribution is -2.34. The zero-order chi connectivity index (χ0) is 15.9. The maximum absolute atomic E-state index is 12.3. The number of piperidine rings is 1. The maximum atomic E-state index is 12.3. The van der Waals surface area contributed by atoms with Crippen molar-refractivity contribution in [1.29, 1.82) is 0 Å². The topological polar surface area (TPSA) is 70.2 Å². The van der Waals surface area contributed by atoms with Crippen molar-refractivity contribution in [3.8, 4) is 0 Å². The molecular formula is C17H26ClN3O2. The number of amides is 2. The lowest BCUT2D eigenvalue weighted by Gasteiger charge is -2.22. The monoisotopic (exact) mass is 339 g/mol. The van der Waals surface area contributed by atoms with Crippen LogP contribution in [0.3, 0.4) is 0 Å². The van der Waals surface area contributed by atoms with Crippen LogP contribution < -0.4 is 16.0 Å². The summed E-state index contributed by atoms with van der Waals surface area (Å²) >= 11 is 0. The van der Waals surface area contributed by atoms with Crippen LogP contribution in [0, 0.1) is 12.8 Å². The van der Waals surface area contributed by atoms with E-state index in [-0.39, 0.29) is 30.1 Å². The van der Waals surface area contributed by atoms with E-state index in [9.17, 15) is 9.59 Å². The molecule has 3 N–H and O–H groups in total. The van der Waals surface area contributed by atoms with E-state index in [2.05, 4.69) is 16.0 Å². The van der Waals surface area contributed by atoms with E-state index in [0.29, 0.717) is 6.42 Å². The van der Waals surface area contributed by atoms with Gasteiger partial charge in [-0.05, 0) is 57.0 Å². The van der Waals surface area contributed by atoms with Gasteiger partial charge in [-0.25, -0.2) is 0 Å². The first-order valence-electron chi connectivity index (χ1n) is 8.03. The molecule has 1 heterocycles. The van der Waals surface area contributed by atoms with Crippen LogP contribution in [0.2, 0.25) is 0 Å². The van der Waals surface area contributed by atoms with Gasteiger partial charge in [-0.1, -0.05) is 13.0 Å². The lowest BCUT2D eigenvalue weighted by molar-refractivity contribution is -0.120. The molecule has 0 aromatic heterocycles. The van der Waals surface area contributed by atoms with E-state index in [0.717, 1.165) is 49.3 Å². The van der Waals surface area contributed by atoms with E-state index in [1.54, 1.807) is 0 Å². The van der Waals surface area contributed by atoms with Gasteiger partial charge in [-0.15, -0.1) is 12.4 Å². The number of rotatable bonds is 5. The molecule has 0 unspecified atom stereocenters. The molecule has 0 aliphatic carbocycles. The number of carbonyl (C=O) groups is 2. The Kier molecular flexibility index (Phi) is 8.06. The van der Waals surface area contributed by atoms with Crippen molar-refractivity contribution in [3.63, 3.8) is 0 Å². The van der Waals surface area contributed by atoms with Gasteiger partial charge in [0, 0.05) is 23.7 Å². The minimum atomic E-state index is 0. The fraction of sp³-hybridized carbons (Fsp3) is 0.529. The predicted octanol–water partition coefficient (Wildman–Crippen LogP) is 3.09. The third-order valence-electron chi connectivity index (χ3n) is 4.05. The van der Waals surface area contributed by atoms with Crippen LogP contribution >= 0.6 is 12.4 Å². The Bertz CT molecular complexity index is 543. The third-order valence-corrected chi connectivity index (χ3v) is 4.05. The Morgan fingerprint density at radius 1 is 1.17 bits per heavy atom. The lowest BCUT2D eigenvalue weighted by atomic mass is 9.97. The zero-order valence-corrected chi connectivity index (χ0v) is 14.6. The van der Waals surface area contributed by atoms with Crippen LogP contribution in [0.5, 0.6) is 0 Å². The molecule has 2 rings (SSSR count). The quantitative estimate of drug-likeness (QED) is 0.772. The van der Waals surface area contributed by atoms with Crippen molar-refractivity contribution in [2.75, 3.05) is 23.7 Å². The summed E-state index contributed by atoms with van der Waals surface area (Å²) in [5, 5.41) is 9.17. The number of hydrogen-bond acceptors (Lipinski definition) is 3. The van der Waals surface area contributed by atoms with Gasteiger partial charge >= 0.3 is 0 Å². The number of hydrogen-bond donors (Lipinski definition) is 3. The largest absolute Gasteiger partial charge is 0.326 e. The average molecular weight is 340 g/mol. The molecule has 1 saturated heterocycles. The molecule has 2 amide bonds. The van der Waals surface area contributed by atoms with Crippen LogP contribution in [-0.2, 0) is 9.59 Å². The summed E-state index contributed by atoms with van der Waals surface area (Å²) in [6.45, 7) is 5.68. The van der Waals surface area contributed by atoms with Crippen LogP contribution in [-0.4, -0.2) is 24.9 Å². The summed E-state index contributed by atoms with van der Waals surface area (Å²) < 4.78 is 0. The Labute approximate surface area is 144 Å². The molecule has 0 atom stereocenters. The summed E-state index contributed by atoms with van der Waals surface area (Å²) in [5.41, 5.74) is 2.44. The third kappa shape index (κ3) is 5.52. The van der Waals surface area contributed by atoms with E-state index in [1.165, 1.54) is 0 Å². The molecule has 0 radical (unpaired) electrons. The number of halogens is 1. The average Bonchev–Trinajstić information content (AvgIpc) is 2.52. The van der Waals surface area contributed by atoms with Gasteiger partial charge in [0.15, 0.2) is 0 Å². The summed E-state index contributed by atoms with van der Waals surface area (Å²) in [7, 11) is 0. The fourth-order valence-corrected chi connectivity index (χ4v) is 2.67. The van der Waals surface area contributed by atoms with E-state index < -0.39 is 0 Å². The predicted molar refractivity (Wildman–Crippen MR) is 96.2 cm³/mol. The second-order valence-corrected chi connectivity index (χ2v) is 5.79. The van der Waals surface area contributed by atoms with Crippen LogP contribution in [0.4, 0.5) is 11.4 Å². The fourth-order valence-electron chi connectivity index (χ4n) is 2.67. The Hall–Kier alpha value is -1.59. The van der Waals surface area contributed by atoms with Gasteiger partial charge in [-0.2, -0.15) is 0 Å². The minimum absolute atomic E-state index is 0. The van der Waals surface area contributed by atoms with Gasteiger partial charge in [-0.3, -0.25) is 9.59 Å². The molecule has 1 fully saturated rings. The molecule has 1 aliphatic heterocycles. The Morgan fingerprint density at radius 3 is 2.39 bits per heavy atom. The van der Waals surface area contributed by atoms with Crippen LogP contribution in [0.1, 0.15) is 38.2 Å². The van der Waals surface area contributed by atoms with E-state index in [4.69, 9.17) is 0 Å². The first kappa shape index (κ1) is 19.5. The van der Waals surface area contributed by atoms with Gasteiger partial charge in [0.25, 0.3) is 0 Å². The number of benzene rings is 1. The molecule has 0 bridgehead atoms. The standard InChI is InChI=1S/C17H25N3O2.ClH/c1-3-5-16(21)19-14-6-4-7-15(12(14)2)20-17(22)13-8-10-18-11-9-13;/h4,6-7,13,18H,3,5,8-11H2,1-2H3,(H,19,21)(H,20,22);1H. The second-order valence-electron chi connectivity index (χ2n) is 5.79. The summed E-state index contributed by atoms with van der Waals surface area (Å²) in [4.78, 5) is 24.1. The molecule has 1 aliphatic rings. The molecule has 128 valence electrons. The Balaban J connectivity index is 0.00000264. The van der Waals surface area contributed by atoms with Crippen molar-refractivity contribution < 1.29 is 9.59 Å². The first-order chi connectivity index (χ1) is 10.6. The van der Waals surface area contributed by atoms with Crippen LogP contribution in [0.15, 0.2) is 18.2 Å². The van der Waals surface area contributed by atoms with Gasteiger partial charge < -0.3 is 16.0 Å². The molecule has 1 aromatic rings. The van der Waals surface area contributed by atoms with Gasteiger partial charge in [0.1, 0.15) is 0 Å². The van der Waals surface area contributed by atoms with E-state index in [1.807, 2.05) is 32.0 Å². The highest BCUT2D eigenvalue weighted by Gasteiger charge is 2.21. The molecule has 23 heavy (non-hydrogen) atoms. The molecular weight excluding hydrogens is 314 g/mol. The molecule has 6 heteroatoms. The number of carbonyl (C=O) groups excluding carboxylic acids is 2. The highest BCUT2D eigenvalue weighted by molar-refractivity contribution is 5.96. The van der Waals surface area contributed by atoms with Gasteiger partial charge in [0.2, 0.25) is 11.8 Å². The van der Waals surface area contributed by atoms with Crippen molar-refractivity contribution >= 4 is 35.6 Å². The first-order valence-corrected chi connectivity index (χ1v) is 8.03. The summed E-state index contributed by atoms with van der Waals surface area (Å²) in [6.07, 6.45) is 3.07. The SMILES string of the molecule is CCCC(=O)Nc1cccc(NC(=O)C2CCNCC2)c1C.Cl. The summed E-state index contributed by atoms with van der Waals surface area (Å²) in [5.74, 6) is 0.146. The van der Waals surface area contributed by atoms with Gasteiger partial charge in [0.05, 0.1) is 0 Å². The van der Waals surface area contributed by atoms with Crippen molar-refractivity contribution in [2.24, 2.45) is 5.92 Å². The van der Waals surface area contributed by atoms with Crippen molar-refractivity contribution in [2.45, 2.75) is 39.5 Å². The van der Waals surface area contributed by atoms with Crippen molar-refractivity contribution in [1.82, 2.24) is 5.32 Å². The normalized spacial score (nSPS) is 14.7. The highest BCUT2D eigenvalue weighted by atomic mass is 35.5. The maximum Gasteiger partial charge on any atom is 0.227 e. The Morgan fingerprint density at radius 2 is 1.78 bits per heavy atom. The molecule has 1 aromatic carbocycles. The minimum Gasteiger partial charge on any atom is -0.326 e. The number of anilines is 2. The zero-order valence-electron chi connectivity index (χ0n) is 13.8.